The second kappa shape index (κ2) is 4.55. The first-order valence-electron chi connectivity index (χ1n) is 6.11. The Bertz CT molecular complexity index is 540. The predicted octanol–water partition coefficient (Wildman–Crippen LogP) is 0.510. The van der Waals surface area contributed by atoms with Gasteiger partial charge in [-0.1, -0.05) is 0 Å². The average molecular weight is 247 g/mol. The summed E-state index contributed by atoms with van der Waals surface area (Å²) in [5, 5.41) is 1.04. The molecule has 0 unspecified atom stereocenters. The quantitative estimate of drug-likeness (QED) is 0.808. The second-order valence-corrected chi connectivity index (χ2v) is 4.61. The van der Waals surface area contributed by atoms with E-state index in [9.17, 15) is 0 Å². The zero-order valence-electron chi connectivity index (χ0n) is 10.3. The van der Waals surface area contributed by atoms with Gasteiger partial charge in [-0.15, -0.1) is 0 Å². The van der Waals surface area contributed by atoms with E-state index in [2.05, 4.69) is 19.9 Å². The molecule has 0 amide bonds. The van der Waals surface area contributed by atoms with Crippen molar-refractivity contribution in [3.05, 3.63) is 18.6 Å². The first-order chi connectivity index (χ1) is 8.79. The molecule has 2 aromatic heterocycles. The SMILES string of the molecule is CO[C@H]1CN(c2ncnc3[nH]ccc23)CC[C@H]1N. The van der Waals surface area contributed by atoms with Gasteiger partial charge in [-0.3, -0.25) is 0 Å². The maximum absolute atomic E-state index is 6.03. The minimum Gasteiger partial charge on any atom is -0.378 e. The van der Waals surface area contributed by atoms with E-state index >= 15 is 0 Å². The summed E-state index contributed by atoms with van der Waals surface area (Å²) in [4.78, 5) is 13.9. The third-order valence-electron chi connectivity index (χ3n) is 3.55. The van der Waals surface area contributed by atoms with Gasteiger partial charge < -0.3 is 20.4 Å². The van der Waals surface area contributed by atoms with Gasteiger partial charge in [-0.05, 0) is 12.5 Å². The summed E-state index contributed by atoms with van der Waals surface area (Å²) in [5.74, 6) is 0.954. The van der Waals surface area contributed by atoms with E-state index in [0.29, 0.717) is 0 Å². The molecule has 2 aromatic rings. The molecule has 96 valence electrons. The molecule has 0 spiro atoms. The number of anilines is 1. The van der Waals surface area contributed by atoms with Gasteiger partial charge in [-0.25, -0.2) is 9.97 Å². The van der Waals surface area contributed by atoms with Crippen LogP contribution in [0.3, 0.4) is 0 Å². The molecule has 0 aliphatic carbocycles. The Hall–Kier alpha value is -1.66. The number of nitrogens with zero attached hydrogens (tertiary/aromatic N) is 3. The first-order valence-corrected chi connectivity index (χ1v) is 6.11. The number of nitrogens with one attached hydrogen (secondary N) is 1. The molecule has 1 aliphatic rings. The molecule has 0 saturated carbocycles. The maximum Gasteiger partial charge on any atom is 0.142 e. The zero-order chi connectivity index (χ0) is 12.5. The Labute approximate surface area is 105 Å². The Morgan fingerprint density at radius 1 is 1.50 bits per heavy atom. The van der Waals surface area contributed by atoms with Crippen LogP contribution in [0.1, 0.15) is 6.42 Å². The Balaban J connectivity index is 1.93. The lowest BCUT2D eigenvalue weighted by atomic mass is 10.0. The minimum atomic E-state index is 0.0581. The highest BCUT2D eigenvalue weighted by molar-refractivity contribution is 5.87. The standard InChI is InChI=1S/C12H17N5O/c1-18-10-6-17(5-3-9(10)13)12-8-2-4-14-11(8)15-7-16-12/h2,4,7,9-10H,3,5-6,13H2,1H3,(H,14,15,16)/t9-,10+/m1/s1. The second-order valence-electron chi connectivity index (χ2n) is 4.61. The van der Waals surface area contributed by atoms with E-state index in [-0.39, 0.29) is 12.1 Å². The number of H-pyrrole nitrogens is 1. The number of nitrogens with two attached hydrogens (primary N) is 1. The van der Waals surface area contributed by atoms with Crippen molar-refractivity contribution in [2.75, 3.05) is 25.1 Å². The fourth-order valence-electron chi connectivity index (χ4n) is 2.49. The van der Waals surface area contributed by atoms with Crippen molar-refractivity contribution in [3.63, 3.8) is 0 Å². The molecule has 0 bridgehead atoms. The number of hydrogen-bond donors (Lipinski definition) is 2. The van der Waals surface area contributed by atoms with Crippen LogP contribution in [-0.2, 0) is 4.74 Å². The maximum atomic E-state index is 6.03. The third-order valence-corrected chi connectivity index (χ3v) is 3.55. The lowest BCUT2D eigenvalue weighted by Gasteiger charge is -2.36. The number of ether oxygens (including phenoxy) is 1. The first kappa shape index (κ1) is 11.4. The van der Waals surface area contributed by atoms with Crippen LogP contribution in [0, 0.1) is 0 Å². The van der Waals surface area contributed by atoms with Crippen LogP contribution in [0.5, 0.6) is 0 Å². The average Bonchev–Trinajstić information content (AvgIpc) is 2.87. The lowest BCUT2D eigenvalue weighted by Crippen LogP contribution is -2.51. The summed E-state index contributed by atoms with van der Waals surface area (Å²) in [6, 6.07) is 2.11. The highest BCUT2D eigenvalue weighted by Gasteiger charge is 2.28. The summed E-state index contributed by atoms with van der Waals surface area (Å²) in [7, 11) is 1.71. The number of methoxy groups -OCH3 is 1. The predicted molar refractivity (Wildman–Crippen MR) is 69.5 cm³/mol. The number of rotatable bonds is 2. The fraction of sp³-hybridized carbons (Fsp3) is 0.500. The summed E-state index contributed by atoms with van der Waals surface area (Å²) in [6.07, 6.45) is 4.44. The summed E-state index contributed by atoms with van der Waals surface area (Å²) < 4.78 is 5.43. The van der Waals surface area contributed by atoms with Crippen molar-refractivity contribution in [2.24, 2.45) is 5.73 Å². The molecule has 0 radical (unpaired) electrons. The largest absolute Gasteiger partial charge is 0.378 e. The van der Waals surface area contributed by atoms with E-state index in [1.165, 1.54) is 0 Å². The molecule has 18 heavy (non-hydrogen) atoms. The van der Waals surface area contributed by atoms with E-state index < -0.39 is 0 Å². The fourth-order valence-corrected chi connectivity index (χ4v) is 2.49. The topological polar surface area (TPSA) is 80.1 Å². The van der Waals surface area contributed by atoms with Crippen molar-refractivity contribution in [2.45, 2.75) is 18.6 Å². The molecular formula is C12H17N5O. The van der Waals surface area contributed by atoms with Gasteiger partial charge >= 0.3 is 0 Å². The van der Waals surface area contributed by atoms with Crippen molar-refractivity contribution >= 4 is 16.9 Å². The lowest BCUT2D eigenvalue weighted by molar-refractivity contribution is 0.0729. The van der Waals surface area contributed by atoms with Gasteiger partial charge in [0.25, 0.3) is 0 Å². The van der Waals surface area contributed by atoms with Crippen LogP contribution in [-0.4, -0.2) is 47.3 Å². The van der Waals surface area contributed by atoms with Gasteiger partial charge in [-0.2, -0.15) is 0 Å². The van der Waals surface area contributed by atoms with Gasteiger partial charge in [0.1, 0.15) is 17.8 Å². The number of aromatic nitrogens is 3. The summed E-state index contributed by atoms with van der Waals surface area (Å²) >= 11 is 0. The van der Waals surface area contributed by atoms with E-state index in [1.807, 2.05) is 12.3 Å². The number of aromatic amines is 1. The molecule has 1 saturated heterocycles. The highest BCUT2D eigenvalue weighted by Crippen LogP contribution is 2.25. The Morgan fingerprint density at radius 3 is 3.22 bits per heavy atom. The van der Waals surface area contributed by atoms with Crippen LogP contribution >= 0.6 is 0 Å². The molecule has 6 heteroatoms. The molecule has 6 nitrogen and oxygen atoms in total. The Kier molecular flexibility index (Phi) is 2.89. The van der Waals surface area contributed by atoms with E-state index in [0.717, 1.165) is 36.4 Å². The highest BCUT2D eigenvalue weighted by atomic mass is 16.5. The molecule has 1 aliphatic heterocycles. The normalized spacial score (nSPS) is 24.7. The van der Waals surface area contributed by atoms with Crippen LogP contribution < -0.4 is 10.6 Å². The van der Waals surface area contributed by atoms with Crippen LogP contribution in [0.2, 0.25) is 0 Å². The summed E-state index contributed by atoms with van der Waals surface area (Å²) in [6.45, 7) is 1.67. The number of piperidine rings is 1. The smallest absolute Gasteiger partial charge is 0.142 e. The molecular weight excluding hydrogens is 230 g/mol. The van der Waals surface area contributed by atoms with Crippen molar-refractivity contribution < 1.29 is 4.74 Å². The molecule has 1 fully saturated rings. The molecule has 3 N–H and O–H groups in total. The Morgan fingerprint density at radius 2 is 2.39 bits per heavy atom. The zero-order valence-corrected chi connectivity index (χ0v) is 10.3. The minimum absolute atomic E-state index is 0.0581. The van der Waals surface area contributed by atoms with Gasteiger partial charge in [0.15, 0.2) is 0 Å². The van der Waals surface area contributed by atoms with Gasteiger partial charge in [0.2, 0.25) is 0 Å². The van der Waals surface area contributed by atoms with E-state index in [1.54, 1.807) is 13.4 Å². The number of hydrogen-bond acceptors (Lipinski definition) is 5. The van der Waals surface area contributed by atoms with E-state index in [4.69, 9.17) is 10.5 Å². The van der Waals surface area contributed by atoms with Gasteiger partial charge in [0, 0.05) is 32.4 Å². The monoisotopic (exact) mass is 247 g/mol. The van der Waals surface area contributed by atoms with Crippen molar-refractivity contribution in [3.8, 4) is 0 Å². The van der Waals surface area contributed by atoms with Crippen LogP contribution in [0.15, 0.2) is 18.6 Å². The third kappa shape index (κ3) is 1.83. The van der Waals surface area contributed by atoms with Crippen LogP contribution in [0.4, 0.5) is 5.82 Å². The molecule has 3 heterocycles. The van der Waals surface area contributed by atoms with Gasteiger partial charge in [0.05, 0.1) is 11.5 Å². The summed E-state index contributed by atoms with van der Waals surface area (Å²) in [5.41, 5.74) is 6.90. The molecule has 3 rings (SSSR count). The van der Waals surface area contributed by atoms with Crippen molar-refractivity contribution in [1.82, 2.24) is 15.0 Å². The molecule has 0 aromatic carbocycles. The van der Waals surface area contributed by atoms with Crippen molar-refractivity contribution in [1.29, 1.82) is 0 Å². The molecule has 2 atom stereocenters. The van der Waals surface area contributed by atoms with Crippen LogP contribution in [0.25, 0.3) is 11.0 Å². The number of fused-ring (bicyclic) bond motifs is 1.